The van der Waals surface area contributed by atoms with Gasteiger partial charge in [-0.05, 0) is 40.0 Å². The average molecular weight is 383 g/mol. The molecular formula is C12H13BrClNO4S. The maximum Gasteiger partial charge on any atom is 0.306 e. The Hall–Kier alpha value is -0.630. The topological polar surface area (TPSA) is 74.7 Å². The third-order valence-corrected chi connectivity index (χ3v) is 6.54. The highest BCUT2D eigenvalue weighted by molar-refractivity contribution is 9.10. The Kier molecular flexibility index (Phi) is 4.44. The first kappa shape index (κ1) is 15.8. The Balaban J connectivity index is 2.14. The van der Waals surface area contributed by atoms with E-state index in [1.807, 2.05) is 0 Å². The first-order valence-corrected chi connectivity index (χ1v) is 8.52. The Morgan fingerprint density at radius 1 is 1.50 bits per heavy atom. The molecule has 1 aromatic carbocycles. The van der Waals surface area contributed by atoms with E-state index in [4.69, 9.17) is 16.7 Å². The molecule has 1 aromatic rings. The van der Waals surface area contributed by atoms with Crippen LogP contribution >= 0.6 is 27.5 Å². The van der Waals surface area contributed by atoms with Crippen molar-refractivity contribution in [3.05, 3.63) is 27.7 Å². The summed E-state index contributed by atoms with van der Waals surface area (Å²) in [6.45, 7) is 2.06. The summed E-state index contributed by atoms with van der Waals surface area (Å²) in [7, 11) is -3.58. The number of carbonyl (C=O) groups is 1. The molecule has 0 amide bonds. The lowest BCUT2D eigenvalue weighted by Gasteiger charge is -2.40. The smallest absolute Gasteiger partial charge is 0.306 e. The molecule has 8 heteroatoms. The molecule has 1 fully saturated rings. The van der Waals surface area contributed by atoms with Gasteiger partial charge in [-0.2, -0.15) is 4.31 Å². The highest BCUT2D eigenvalue weighted by Crippen LogP contribution is 2.32. The van der Waals surface area contributed by atoms with E-state index < -0.39 is 21.9 Å². The molecule has 1 unspecified atom stereocenters. The third kappa shape index (κ3) is 2.86. The van der Waals surface area contributed by atoms with Gasteiger partial charge in [-0.15, -0.1) is 0 Å². The molecule has 5 nitrogen and oxygen atoms in total. The molecule has 110 valence electrons. The van der Waals surface area contributed by atoms with E-state index in [1.165, 1.54) is 22.5 Å². The van der Waals surface area contributed by atoms with E-state index >= 15 is 0 Å². The summed E-state index contributed by atoms with van der Waals surface area (Å²) in [5.41, 5.74) is 0. The number of benzene rings is 1. The van der Waals surface area contributed by atoms with Crippen LogP contribution in [-0.2, 0) is 14.8 Å². The van der Waals surface area contributed by atoms with Gasteiger partial charge in [0.05, 0.1) is 15.8 Å². The molecule has 0 spiro atoms. The van der Waals surface area contributed by atoms with Gasteiger partial charge >= 0.3 is 5.97 Å². The number of aliphatic carboxylic acids is 1. The van der Waals surface area contributed by atoms with E-state index in [1.54, 1.807) is 6.92 Å². The van der Waals surface area contributed by atoms with Crippen molar-refractivity contribution >= 4 is 43.5 Å². The summed E-state index contributed by atoms with van der Waals surface area (Å²) in [4.78, 5) is 11.0. The van der Waals surface area contributed by atoms with Gasteiger partial charge in [0.2, 0.25) is 10.0 Å². The van der Waals surface area contributed by atoms with Crippen LogP contribution in [0.5, 0.6) is 0 Å². The summed E-state index contributed by atoms with van der Waals surface area (Å²) >= 11 is 9.03. The summed E-state index contributed by atoms with van der Waals surface area (Å²) in [6.07, 6.45) is 0. The van der Waals surface area contributed by atoms with Gasteiger partial charge in [-0.3, -0.25) is 4.79 Å². The predicted octanol–water partition coefficient (Wildman–Crippen LogP) is 2.44. The van der Waals surface area contributed by atoms with E-state index in [-0.39, 0.29) is 23.9 Å². The fraction of sp³-hybridized carbons (Fsp3) is 0.417. The van der Waals surface area contributed by atoms with E-state index in [0.717, 1.165) is 0 Å². The molecule has 0 bridgehead atoms. The minimum atomic E-state index is -3.58. The van der Waals surface area contributed by atoms with Gasteiger partial charge in [-0.25, -0.2) is 8.42 Å². The molecule has 0 aromatic heterocycles. The second-order valence-corrected chi connectivity index (χ2v) is 7.98. The molecule has 1 aliphatic heterocycles. The fourth-order valence-corrected chi connectivity index (χ4v) is 4.20. The van der Waals surface area contributed by atoms with Crippen molar-refractivity contribution in [3.63, 3.8) is 0 Å². The highest BCUT2D eigenvalue weighted by atomic mass is 79.9. The van der Waals surface area contributed by atoms with Crippen LogP contribution in [0.15, 0.2) is 27.6 Å². The Bertz CT molecular complexity index is 643. The zero-order chi connectivity index (χ0) is 15.1. The van der Waals surface area contributed by atoms with Crippen molar-refractivity contribution < 1.29 is 18.3 Å². The summed E-state index contributed by atoms with van der Waals surface area (Å²) < 4.78 is 26.5. The standard InChI is InChI=1S/C12H13BrClNO4S/c1-7(12(16)17)8-5-15(6-8)20(18,19)9-2-3-11(14)10(13)4-9/h2-4,7-8H,5-6H2,1H3,(H,16,17). The summed E-state index contributed by atoms with van der Waals surface area (Å²) in [6, 6.07) is 4.40. The molecule has 0 saturated carbocycles. The maximum atomic E-state index is 12.3. The van der Waals surface area contributed by atoms with E-state index in [2.05, 4.69) is 15.9 Å². The number of carboxylic acid groups (broad SMARTS) is 1. The van der Waals surface area contributed by atoms with Crippen molar-refractivity contribution in [1.29, 1.82) is 0 Å². The van der Waals surface area contributed by atoms with Crippen LogP contribution in [0.4, 0.5) is 0 Å². The predicted molar refractivity (Wildman–Crippen MR) is 78.2 cm³/mol. The third-order valence-electron chi connectivity index (χ3n) is 3.50. The number of halogens is 2. The Labute approximate surface area is 130 Å². The van der Waals surface area contributed by atoms with Gasteiger partial charge in [-0.1, -0.05) is 18.5 Å². The van der Waals surface area contributed by atoms with Gasteiger partial charge in [0.1, 0.15) is 0 Å². The van der Waals surface area contributed by atoms with Gasteiger partial charge in [0, 0.05) is 17.6 Å². The lowest BCUT2D eigenvalue weighted by molar-refractivity contribution is -0.144. The van der Waals surface area contributed by atoms with Crippen LogP contribution in [0.3, 0.4) is 0 Å². The molecular weight excluding hydrogens is 370 g/mol. The second-order valence-electron chi connectivity index (χ2n) is 4.78. The normalized spacial score (nSPS) is 18.6. The van der Waals surface area contributed by atoms with Crippen LogP contribution in [0, 0.1) is 11.8 Å². The number of rotatable bonds is 4. The number of sulfonamides is 1. The number of nitrogens with zero attached hydrogens (tertiary/aromatic N) is 1. The SMILES string of the molecule is CC(C(=O)O)C1CN(S(=O)(=O)c2ccc(Cl)c(Br)c2)C1. The summed E-state index contributed by atoms with van der Waals surface area (Å²) in [5.74, 6) is -1.59. The molecule has 0 radical (unpaired) electrons. The van der Waals surface area contributed by atoms with Crippen LogP contribution in [0.1, 0.15) is 6.92 Å². The van der Waals surface area contributed by atoms with Crippen LogP contribution in [-0.4, -0.2) is 36.9 Å². The van der Waals surface area contributed by atoms with Gasteiger partial charge in [0.15, 0.2) is 0 Å². The first-order chi connectivity index (χ1) is 9.23. The minimum Gasteiger partial charge on any atom is -0.481 e. The lowest BCUT2D eigenvalue weighted by atomic mass is 9.89. The van der Waals surface area contributed by atoms with Crippen molar-refractivity contribution in [2.45, 2.75) is 11.8 Å². The number of carboxylic acids is 1. The maximum absolute atomic E-state index is 12.3. The highest BCUT2D eigenvalue weighted by Gasteiger charge is 2.41. The van der Waals surface area contributed by atoms with E-state index in [9.17, 15) is 13.2 Å². The fourth-order valence-electron chi connectivity index (χ4n) is 1.97. The van der Waals surface area contributed by atoms with Crippen LogP contribution < -0.4 is 0 Å². The van der Waals surface area contributed by atoms with Crippen molar-refractivity contribution in [2.24, 2.45) is 11.8 Å². The van der Waals surface area contributed by atoms with Crippen LogP contribution in [0.2, 0.25) is 5.02 Å². The van der Waals surface area contributed by atoms with Gasteiger partial charge in [0.25, 0.3) is 0 Å². The largest absolute Gasteiger partial charge is 0.481 e. The molecule has 2 rings (SSSR count). The number of hydrogen-bond acceptors (Lipinski definition) is 3. The minimum absolute atomic E-state index is 0.141. The molecule has 1 heterocycles. The quantitative estimate of drug-likeness (QED) is 0.868. The van der Waals surface area contributed by atoms with Gasteiger partial charge < -0.3 is 5.11 Å². The van der Waals surface area contributed by atoms with Crippen molar-refractivity contribution in [1.82, 2.24) is 4.31 Å². The lowest BCUT2D eigenvalue weighted by Crippen LogP contribution is -2.53. The molecule has 1 saturated heterocycles. The molecule has 1 aliphatic rings. The summed E-state index contributed by atoms with van der Waals surface area (Å²) in [5, 5.41) is 9.34. The van der Waals surface area contributed by atoms with Crippen molar-refractivity contribution in [3.8, 4) is 0 Å². The Morgan fingerprint density at radius 3 is 2.60 bits per heavy atom. The monoisotopic (exact) mass is 381 g/mol. The number of hydrogen-bond donors (Lipinski definition) is 1. The Morgan fingerprint density at radius 2 is 2.10 bits per heavy atom. The molecule has 20 heavy (non-hydrogen) atoms. The molecule has 1 atom stereocenters. The van der Waals surface area contributed by atoms with E-state index in [0.29, 0.717) is 9.50 Å². The molecule has 1 N–H and O–H groups in total. The van der Waals surface area contributed by atoms with Crippen molar-refractivity contribution in [2.75, 3.05) is 13.1 Å². The second kappa shape index (κ2) is 5.63. The average Bonchev–Trinajstić information content (AvgIpc) is 2.29. The van der Waals surface area contributed by atoms with Crippen LogP contribution in [0.25, 0.3) is 0 Å². The first-order valence-electron chi connectivity index (χ1n) is 5.91. The zero-order valence-electron chi connectivity index (χ0n) is 10.6. The molecule has 0 aliphatic carbocycles. The zero-order valence-corrected chi connectivity index (χ0v) is 13.7.